The largest absolute Gasteiger partial charge is 0.416 e. The Bertz CT molecular complexity index is 563. The van der Waals surface area contributed by atoms with Crippen LogP contribution in [0.2, 0.25) is 0 Å². The normalized spacial score (nSPS) is 13.4. The van der Waals surface area contributed by atoms with E-state index >= 15 is 0 Å². The number of alkyl halides is 3. The third-order valence-electron chi connectivity index (χ3n) is 2.97. The molecular weight excluding hydrogens is 292 g/mol. The van der Waals surface area contributed by atoms with Crippen molar-refractivity contribution in [2.45, 2.75) is 25.1 Å². The molecule has 1 atom stereocenters. The first-order valence-corrected chi connectivity index (χ1v) is 6.88. The number of halogens is 4. The molecule has 0 bridgehead atoms. The average molecular weight is 304 g/mol. The van der Waals surface area contributed by atoms with Crippen molar-refractivity contribution >= 4 is 11.3 Å². The first-order chi connectivity index (χ1) is 9.38. The zero-order valence-electron chi connectivity index (χ0n) is 10.3. The van der Waals surface area contributed by atoms with Gasteiger partial charge in [-0.3, -0.25) is 0 Å². The van der Waals surface area contributed by atoms with E-state index in [1.54, 1.807) is 0 Å². The van der Waals surface area contributed by atoms with E-state index in [4.69, 9.17) is 0 Å². The minimum absolute atomic E-state index is 0.158. The van der Waals surface area contributed by atoms with Crippen molar-refractivity contribution in [3.8, 4) is 0 Å². The highest BCUT2D eigenvalue weighted by atomic mass is 32.1. The van der Waals surface area contributed by atoms with E-state index in [1.807, 2.05) is 16.8 Å². The Morgan fingerprint density at radius 1 is 1.20 bits per heavy atom. The van der Waals surface area contributed by atoms with Crippen molar-refractivity contribution in [3.63, 3.8) is 0 Å². The van der Waals surface area contributed by atoms with E-state index in [9.17, 15) is 22.7 Å². The van der Waals surface area contributed by atoms with Gasteiger partial charge in [0, 0.05) is 0 Å². The molecule has 0 saturated carbocycles. The van der Waals surface area contributed by atoms with Crippen molar-refractivity contribution in [3.05, 3.63) is 57.5 Å². The Hall–Kier alpha value is -1.40. The summed E-state index contributed by atoms with van der Waals surface area (Å²) < 4.78 is 51.4. The van der Waals surface area contributed by atoms with Gasteiger partial charge in [0.15, 0.2) is 0 Å². The third kappa shape index (κ3) is 3.58. The summed E-state index contributed by atoms with van der Waals surface area (Å²) in [5.41, 5.74) is -0.436. The maximum atomic E-state index is 13.0. The lowest BCUT2D eigenvalue weighted by molar-refractivity contribution is -0.139. The van der Waals surface area contributed by atoms with Crippen molar-refractivity contribution < 1.29 is 22.7 Å². The molecule has 20 heavy (non-hydrogen) atoms. The van der Waals surface area contributed by atoms with Gasteiger partial charge in [-0.25, -0.2) is 4.39 Å². The first kappa shape index (κ1) is 15.0. The summed E-state index contributed by atoms with van der Waals surface area (Å²) in [6, 6.07) is 4.20. The summed E-state index contributed by atoms with van der Waals surface area (Å²) in [4.78, 5) is 0. The summed E-state index contributed by atoms with van der Waals surface area (Å²) in [7, 11) is 0. The summed E-state index contributed by atoms with van der Waals surface area (Å²) in [5.74, 6) is -0.967. The van der Waals surface area contributed by atoms with E-state index < -0.39 is 23.7 Å². The van der Waals surface area contributed by atoms with Crippen LogP contribution in [0.25, 0.3) is 0 Å². The molecule has 1 nitrogen and oxygen atoms in total. The molecule has 1 heterocycles. The van der Waals surface area contributed by atoms with Crippen LogP contribution in [0, 0.1) is 5.82 Å². The van der Waals surface area contributed by atoms with Crippen LogP contribution in [0.5, 0.6) is 0 Å². The Morgan fingerprint density at radius 2 is 1.95 bits per heavy atom. The second kappa shape index (κ2) is 5.93. The summed E-state index contributed by atoms with van der Waals surface area (Å²) in [5, 5.41) is 13.7. The lowest BCUT2D eigenvalue weighted by Crippen LogP contribution is -2.13. The molecule has 2 aromatic rings. The fourth-order valence-corrected chi connectivity index (χ4v) is 2.66. The fourth-order valence-electron chi connectivity index (χ4n) is 1.96. The van der Waals surface area contributed by atoms with Crippen LogP contribution in [0.3, 0.4) is 0 Å². The number of hydrogen-bond acceptors (Lipinski definition) is 2. The highest BCUT2D eigenvalue weighted by Crippen LogP contribution is 2.36. The number of aryl methyl sites for hydroxylation is 1. The highest BCUT2D eigenvalue weighted by molar-refractivity contribution is 7.07. The second-order valence-electron chi connectivity index (χ2n) is 4.42. The topological polar surface area (TPSA) is 20.2 Å². The minimum Gasteiger partial charge on any atom is -0.388 e. The Labute approximate surface area is 117 Å². The number of thiophene rings is 1. The third-order valence-corrected chi connectivity index (χ3v) is 3.70. The summed E-state index contributed by atoms with van der Waals surface area (Å²) in [6.45, 7) is 0. The molecule has 1 unspecified atom stereocenters. The zero-order valence-corrected chi connectivity index (χ0v) is 11.1. The van der Waals surface area contributed by atoms with Crippen molar-refractivity contribution in [1.29, 1.82) is 0 Å². The molecule has 0 amide bonds. The van der Waals surface area contributed by atoms with Crippen LogP contribution in [0.4, 0.5) is 17.6 Å². The van der Waals surface area contributed by atoms with Gasteiger partial charge < -0.3 is 5.11 Å². The van der Waals surface area contributed by atoms with E-state index in [0.717, 1.165) is 17.7 Å². The monoisotopic (exact) mass is 304 g/mol. The standard InChI is InChI=1S/C14H12F4OS/c15-10-2-3-11(12(7-10)14(16,17)18)13(19)4-1-9-5-6-20-8-9/h2-3,5-8,13,19H,1,4H2. The van der Waals surface area contributed by atoms with Crippen LogP contribution >= 0.6 is 11.3 Å². The molecule has 1 aromatic heterocycles. The van der Waals surface area contributed by atoms with E-state index in [0.29, 0.717) is 12.5 Å². The first-order valence-electron chi connectivity index (χ1n) is 5.93. The minimum atomic E-state index is -4.68. The molecule has 0 spiro atoms. The van der Waals surface area contributed by atoms with E-state index in [1.165, 1.54) is 11.3 Å². The SMILES string of the molecule is OC(CCc1ccsc1)c1ccc(F)cc1C(F)(F)F. The highest BCUT2D eigenvalue weighted by Gasteiger charge is 2.35. The fraction of sp³-hybridized carbons (Fsp3) is 0.286. The smallest absolute Gasteiger partial charge is 0.388 e. The van der Waals surface area contributed by atoms with Gasteiger partial charge in [-0.2, -0.15) is 24.5 Å². The number of benzene rings is 1. The predicted molar refractivity (Wildman–Crippen MR) is 69.0 cm³/mol. The number of aliphatic hydroxyl groups is 1. The summed E-state index contributed by atoms with van der Waals surface area (Å²) in [6.07, 6.45) is -5.32. The molecule has 1 N–H and O–H groups in total. The van der Waals surface area contributed by atoms with Gasteiger partial charge in [0.05, 0.1) is 11.7 Å². The molecule has 0 radical (unpaired) electrons. The van der Waals surface area contributed by atoms with Crippen LogP contribution in [-0.4, -0.2) is 5.11 Å². The molecule has 0 aliphatic rings. The predicted octanol–water partition coefficient (Wildman–Crippen LogP) is 4.57. The van der Waals surface area contributed by atoms with Crippen molar-refractivity contribution in [2.24, 2.45) is 0 Å². The van der Waals surface area contributed by atoms with Crippen molar-refractivity contribution in [1.82, 2.24) is 0 Å². The second-order valence-corrected chi connectivity index (χ2v) is 5.20. The van der Waals surface area contributed by atoms with E-state index in [2.05, 4.69) is 0 Å². The van der Waals surface area contributed by atoms with Gasteiger partial charge in [-0.15, -0.1) is 0 Å². The van der Waals surface area contributed by atoms with Crippen LogP contribution in [0.1, 0.15) is 29.2 Å². The van der Waals surface area contributed by atoms with Crippen LogP contribution in [0.15, 0.2) is 35.0 Å². The lowest BCUT2D eigenvalue weighted by Gasteiger charge is -2.17. The molecule has 6 heteroatoms. The Balaban J connectivity index is 2.18. The molecule has 0 aliphatic heterocycles. The van der Waals surface area contributed by atoms with Crippen LogP contribution in [-0.2, 0) is 12.6 Å². The molecule has 2 rings (SSSR count). The molecule has 108 valence electrons. The van der Waals surface area contributed by atoms with Gasteiger partial charge >= 0.3 is 6.18 Å². The van der Waals surface area contributed by atoms with Gasteiger partial charge in [-0.1, -0.05) is 6.07 Å². The van der Waals surface area contributed by atoms with Crippen LogP contribution < -0.4 is 0 Å². The lowest BCUT2D eigenvalue weighted by atomic mass is 9.97. The zero-order chi connectivity index (χ0) is 14.8. The van der Waals surface area contributed by atoms with Gasteiger partial charge in [0.25, 0.3) is 0 Å². The van der Waals surface area contributed by atoms with E-state index in [-0.39, 0.29) is 12.0 Å². The van der Waals surface area contributed by atoms with Gasteiger partial charge in [0.1, 0.15) is 5.82 Å². The van der Waals surface area contributed by atoms with Gasteiger partial charge in [-0.05, 0) is 52.9 Å². The molecule has 1 aromatic carbocycles. The number of hydrogen-bond donors (Lipinski definition) is 1. The number of rotatable bonds is 4. The average Bonchev–Trinajstić information content (AvgIpc) is 2.88. The molecule has 0 fully saturated rings. The Morgan fingerprint density at radius 3 is 2.55 bits per heavy atom. The maximum absolute atomic E-state index is 13.0. The van der Waals surface area contributed by atoms with Crippen molar-refractivity contribution in [2.75, 3.05) is 0 Å². The maximum Gasteiger partial charge on any atom is 0.416 e. The van der Waals surface area contributed by atoms with Gasteiger partial charge in [0.2, 0.25) is 0 Å². The summed E-state index contributed by atoms with van der Waals surface area (Å²) >= 11 is 1.49. The Kier molecular flexibility index (Phi) is 4.45. The quantitative estimate of drug-likeness (QED) is 0.820. The molecule has 0 aliphatic carbocycles. The molecule has 0 saturated heterocycles. The molecular formula is C14H12F4OS. The number of aliphatic hydroxyl groups excluding tert-OH is 1.